The molecule has 4 nitrogen and oxygen atoms in total. The Morgan fingerprint density at radius 3 is 3.00 bits per heavy atom. The number of hydrazine groups is 1. The molecule has 1 aliphatic rings. The van der Waals surface area contributed by atoms with Gasteiger partial charge < -0.3 is 5.73 Å². The number of hydrogen-bond acceptors (Lipinski definition) is 3. The Morgan fingerprint density at radius 1 is 1.64 bits per heavy atom. The lowest BCUT2D eigenvalue weighted by Crippen LogP contribution is -2.44. The molecule has 11 heavy (non-hydrogen) atoms. The summed E-state index contributed by atoms with van der Waals surface area (Å²) in [5.74, 6) is -0.133. The van der Waals surface area contributed by atoms with E-state index in [1.54, 1.807) is 11.1 Å². The fourth-order valence-electron chi connectivity index (χ4n) is 0.833. The number of nitrogens with two attached hydrogens (primary N) is 1. The van der Waals surface area contributed by atoms with Crippen LogP contribution in [0.3, 0.4) is 0 Å². The van der Waals surface area contributed by atoms with Crippen LogP contribution in [0.4, 0.5) is 0 Å². The van der Waals surface area contributed by atoms with Crippen molar-refractivity contribution >= 4 is 5.91 Å². The van der Waals surface area contributed by atoms with E-state index in [0.29, 0.717) is 13.1 Å². The van der Waals surface area contributed by atoms with Crippen LogP contribution in [0, 0.1) is 0 Å². The van der Waals surface area contributed by atoms with Crippen LogP contribution < -0.4 is 11.2 Å². The molecule has 0 aliphatic carbocycles. The fraction of sp³-hybridized carbons (Fsp3) is 0.286. The topological polar surface area (TPSA) is 58.4 Å². The normalized spacial score (nSPS) is 17.0. The van der Waals surface area contributed by atoms with Crippen molar-refractivity contribution in [2.45, 2.75) is 0 Å². The van der Waals surface area contributed by atoms with Gasteiger partial charge in [0.15, 0.2) is 0 Å². The van der Waals surface area contributed by atoms with E-state index in [2.05, 4.69) is 12.0 Å². The van der Waals surface area contributed by atoms with Crippen molar-refractivity contribution in [3.63, 3.8) is 0 Å². The summed E-state index contributed by atoms with van der Waals surface area (Å²) in [6, 6.07) is 0. The van der Waals surface area contributed by atoms with Gasteiger partial charge in [-0.2, -0.15) is 0 Å². The van der Waals surface area contributed by atoms with Gasteiger partial charge in [0.25, 0.3) is 5.91 Å². The predicted molar refractivity (Wildman–Crippen MR) is 42.2 cm³/mol. The largest absolute Gasteiger partial charge is 0.329 e. The highest BCUT2D eigenvalue weighted by atomic mass is 16.2. The highest BCUT2D eigenvalue weighted by Crippen LogP contribution is 2.03. The van der Waals surface area contributed by atoms with E-state index in [-0.39, 0.29) is 5.91 Å². The first-order valence-corrected chi connectivity index (χ1v) is 3.39. The van der Waals surface area contributed by atoms with Gasteiger partial charge in [-0.3, -0.25) is 15.2 Å². The van der Waals surface area contributed by atoms with Gasteiger partial charge in [0.05, 0.1) is 12.2 Å². The monoisotopic (exact) mass is 153 g/mol. The smallest absolute Gasteiger partial charge is 0.262 e. The lowest BCUT2D eigenvalue weighted by atomic mass is 10.3. The molecule has 1 heterocycles. The number of nitrogens with zero attached hydrogens (tertiary/aromatic N) is 1. The van der Waals surface area contributed by atoms with Gasteiger partial charge in [0.1, 0.15) is 0 Å². The standard InChI is InChI=1S/C7H11N3O/c1-6-2-3-7(11)9-10(6)5-4-8/h2-3H,1,4-5,8H2,(H,9,11). The molecule has 1 aliphatic heterocycles. The number of allylic oxidation sites excluding steroid dienone is 1. The first-order chi connectivity index (χ1) is 5.24. The van der Waals surface area contributed by atoms with E-state index in [9.17, 15) is 4.79 Å². The van der Waals surface area contributed by atoms with Crippen LogP contribution in [0.25, 0.3) is 0 Å². The predicted octanol–water partition coefficient (Wildman–Crippen LogP) is -0.638. The summed E-state index contributed by atoms with van der Waals surface area (Å²) in [6.07, 6.45) is 3.10. The molecule has 3 N–H and O–H groups in total. The average Bonchev–Trinajstić information content (AvgIpc) is 1.98. The highest BCUT2D eigenvalue weighted by Gasteiger charge is 2.10. The molecule has 0 aromatic carbocycles. The molecule has 0 radical (unpaired) electrons. The molecule has 60 valence electrons. The van der Waals surface area contributed by atoms with Crippen molar-refractivity contribution in [1.82, 2.24) is 10.4 Å². The minimum Gasteiger partial charge on any atom is -0.329 e. The molecule has 0 atom stereocenters. The lowest BCUT2D eigenvalue weighted by Gasteiger charge is -2.26. The minimum absolute atomic E-state index is 0.133. The molecule has 0 saturated carbocycles. The highest BCUT2D eigenvalue weighted by molar-refractivity contribution is 5.88. The SMILES string of the molecule is C=C1C=CC(=O)NN1CCN. The van der Waals surface area contributed by atoms with Crippen molar-refractivity contribution in [2.24, 2.45) is 5.73 Å². The zero-order valence-electron chi connectivity index (χ0n) is 6.21. The summed E-state index contributed by atoms with van der Waals surface area (Å²) >= 11 is 0. The molecule has 0 spiro atoms. The van der Waals surface area contributed by atoms with Gasteiger partial charge in [0.2, 0.25) is 0 Å². The molecular formula is C7H11N3O. The summed E-state index contributed by atoms with van der Waals surface area (Å²) in [7, 11) is 0. The lowest BCUT2D eigenvalue weighted by molar-refractivity contribution is -0.120. The van der Waals surface area contributed by atoms with Crippen molar-refractivity contribution in [2.75, 3.05) is 13.1 Å². The van der Waals surface area contributed by atoms with Crippen molar-refractivity contribution < 1.29 is 4.79 Å². The van der Waals surface area contributed by atoms with Crippen LogP contribution in [0.2, 0.25) is 0 Å². The van der Waals surface area contributed by atoms with E-state index in [0.717, 1.165) is 5.70 Å². The Labute approximate surface area is 65.3 Å². The molecule has 0 aromatic heterocycles. The molecular weight excluding hydrogens is 142 g/mol. The first kappa shape index (κ1) is 7.81. The quantitative estimate of drug-likeness (QED) is 0.555. The van der Waals surface area contributed by atoms with Crippen LogP contribution in [0.15, 0.2) is 24.4 Å². The number of carbonyl (C=O) groups is 1. The van der Waals surface area contributed by atoms with E-state index < -0.39 is 0 Å². The Kier molecular flexibility index (Phi) is 2.28. The summed E-state index contributed by atoms with van der Waals surface area (Å²) < 4.78 is 0. The molecule has 1 amide bonds. The Balaban J connectivity index is 2.60. The molecule has 4 heteroatoms. The fourth-order valence-corrected chi connectivity index (χ4v) is 0.833. The van der Waals surface area contributed by atoms with Gasteiger partial charge >= 0.3 is 0 Å². The zero-order valence-corrected chi connectivity index (χ0v) is 6.21. The van der Waals surface area contributed by atoms with Crippen molar-refractivity contribution in [1.29, 1.82) is 0 Å². The van der Waals surface area contributed by atoms with Crippen LogP contribution >= 0.6 is 0 Å². The van der Waals surface area contributed by atoms with E-state index >= 15 is 0 Å². The minimum atomic E-state index is -0.133. The van der Waals surface area contributed by atoms with Crippen molar-refractivity contribution in [3.8, 4) is 0 Å². The maximum atomic E-state index is 10.8. The number of carbonyl (C=O) groups excluding carboxylic acids is 1. The third-order valence-corrected chi connectivity index (χ3v) is 1.37. The van der Waals surface area contributed by atoms with Gasteiger partial charge in [-0.05, 0) is 6.08 Å². The van der Waals surface area contributed by atoms with Crippen LogP contribution in [-0.2, 0) is 4.79 Å². The summed E-state index contributed by atoms with van der Waals surface area (Å²) in [4.78, 5) is 10.8. The Hall–Kier alpha value is -1.29. The van der Waals surface area contributed by atoms with Gasteiger partial charge in [-0.1, -0.05) is 6.58 Å². The van der Waals surface area contributed by atoms with Gasteiger partial charge in [-0.15, -0.1) is 0 Å². The van der Waals surface area contributed by atoms with Crippen LogP contribution in [0.1, 0.15) is 0 Å². The summed E-state index contributed by atoms with van der Waals surface area (Å²) in [5.41, 5.74) is 8.66. The second kappa shape index (κ2) is 3.21. The number of amides is 1. The third-order valence-electron chi connectivity index (χ3n) is 1.37. The Morgan fingerprint density at radius 2 is 2.36 bits per heavy atom. The van der Waals surface area contributed by atoms with Gasteiger partial charge in [0, 0.05) is 12.6 Å². The first-order valence-electron chi connectivity index (χ1n) is 3.39. The molecule has 0 aromatic rings. The van der Waals surface area contributed by atoms with E-state index in [1.165, 1.54) is 6.08 Å². The maximum absolute atomic E-state index is 10.8. The number of rotatable bonds is 2. The van der Waals surface area contributed by atoms with Crippen LogP contribution in [0.5, 0.6) is 0 Å². The molecule has 0 saturated heterocycles. The molecule has 0 fully saturated rings. The van der Waals surface area contributed by atoms with Gasteiger partial charge in [-0.25, -0.2) is 0 Å². The number of nitrogens with one attached hydrogen (secondary N) is 1. The van der Waals surface area contributed by atoms with Crippen LogP contribution in [-0.4, -0.2) is 24.0 Å². The number of hydrogen-bond donors (Lipinski definition) is 2. The average molecular weight is 153 g/mol. The Bertz CT molecular complexity index is 210. The third kappa shape index (κ3) is 1.81. The zero-order chi connectivity index (χ0) is 8.27. The second-order valence-electron chi connectivity index (χ2n) is 2.24. The van der Waals surface area contributed by atoms with E-state index in [4.69, 9.17) is 5.73 Å². The van der Waals surface area contributed by atoms with Crippen molar-refractivity contribution in [3.05, 3.63) is 24.4 Å². The molecule has 0 unspecified atom stereocenters. The summed E-state index contributed by atoms with van der Waals surface area (Å²) in [6.45, 7) is 4.80. The molecule has 1 rings (SSSR count). The second-order valence-corrected chi connectivity index (χ2v) is 2.24. The maximum Gasteiger partial charge on any atom is 0.262 e. The van der Waals surface area contributed by atoms with E-state index in [1.807, 2.05) is 0 Å². The summed E-state index contributed by atoms with van der Waals surface area (Å²) in [5, 5.41) is 1.63. The molecule has 0 bridgehead atoms.